The molecular weight excluding hydrogens is 198 g/mol. The number of nitrogens with zero attached hydrogens (tertiary/aromatic N) is 1. The van der Waals surface area contributed by atoms with Crippen LogP contribution in [-0.4, -0.2) is 13.1 Å². The van der Waals surface area contributed by atoms with Gasteiger partial charge >= 0.3 is 0 Å². The zero-order chi connectivity index (χ0) is 11.1. The molecule has 0 N–H and O–H groups in total. The second-order valence-electron chi connectivity index (χ2n) is 4.04. The Bertz CT molecular complexity index is 293. The quantitative estimate of drug-likeness (QED) is 0.678. The molecule has 0 saturated carbocycles. The van der Waals surface area contributed by atoms with E-state index in [9.17, 15) is 0 Å². The lowest BCUT2D eigenvalue weighted by atomic mass is 10.3. The first-order valence-electron chi connectivity index (χ1n) is 5.85. The lowest BCUT2D eigenvalue weighted by Crippen LogP contribution is -2.28. The summed E-state index contributed by atoms with van der Waals surface area (Å²) in [5.41, 5.74) is 3.78. The van der Waals surface area contributed by atoms with Gasteiger partial charge in [0.1, 0.15) is 0 Å². The molecule has 2 heteroatoms. The summed E-state index contributed by atoms with van der Waals surface area (Å²) in [6, 6.07) is 8.18. The van der Waals surface area contributed by atoms with Crippen LogP contribution in [0.4, 0.5) is 0 Å². The fourth-order valence-corrected chi connectivity index (χ4v) is 4.60. The minimum Gasteiger partial charge on any atom is -0.265 e. The maximum atomic E-state index is 4.03. The van der Waals surface area contributed by atoms with Crippen molar-refractivity contribution in [2.24, 2.45) is 0 Å². The minimum absolute atomic E-state index is 1.10. The van der Waals surface area contributed by atoms with Crippen LogP contribution in [0.2, 0.25) is 18.1 Å². The fourth-order valence-electron chi connectivity index (χ4n) is 1.85. The summed E-state index contributed by atoms with van der Waals surface area (Å²) in [5, 5.41) is 0. The predicted molar refractivity (Wildman–Crippen MR) is 70.5 cm³/mol. The van der Waals surface area contributed by atoms with Gasteiger partial charge in [-0.25, -0.2) is 0 Å². The van der Waals surface area contributed by atoms with Crippen molar-refractivity contribution in [2.75, 3.05) is 0 Å². The summed E-state index contributed by atoms with van der Waals surface area (Å²) < 4.78 is 0. The van der Waals surface area contributed by atoms with Crippen molar-refractivity contribution in [3.8, 4) is 0 Å². The summed E-state index contributed by atoms with van der Waals surface area (Å²) >= 11 is 0. The Kier molecular flexibility index (Phi) is 4.76. The standard InChI is InChI=1S/C13H21NSi/c1-4-15(5-2,6-3)12-9-13-7-10-14-11-8-13/h7-12H,4-6H2,1-3H3/b12-9+. The van der Waals surface area contributed by atoms with Crippen LogP contribution in [0.3, 0.4) is 0 Å². The summed E-state index contributed by atoms with van der Waals surface area (Å²) in [4.78, 5) is 4.03. The van der Waals surface area contributed by atoms with E-state index in [1.54, 1.807) is 0 Å². The molecule has 15 heavy (non-hydrogen) atoms. The van der Waals surface area contributed by atoms with E-state index in [-0.39, 0.29) is 0 Å². The average Bonchev–Trinajstić information content (AvgIpc) is 2.33. The molecule has 0 aromatic carbocycles. The number of rotatable bonds is 5. The highest BCUT2D eigenvalue weighted by Gasteiger charge is 2.22. The summed E-state index contributed by atoms with van der Waals surface area (Å²) in [7, 11) is -1.10. The van der Waals surface area contributed by atoms with Crippen molar-refractivity contribution in [3.05, 3.63) is 35.8 Å². The Morgan fingerprint density at radius 3 is 2.07 bits per heavy atom. The second-order valence-corrected chi connectivity index (χ2v) is 9.22. The van der Waals surface area contributed by atoms with Gasteiger partial charge in [-0.3, -0.25) is 4.98 Å². The number of aromatic nitrogens is 1. The van der Waals surface area contributed by atoms with Crippen LogP contribution in [0, 0.1) is 0 Å². The first-order valence-corrected chi connectivity index (χ1v) is 8.55. The van der Waals surface area contributed by atoms with Crippen LogP contribution in [-0.2, 0) is 0 Å². The van der Waals surface area contributed by atoms with Gasteiger partial charge in [0.25, 0.3) is 0 Å². The molecule has 0 unspecified atom stereocenters. The van der Waals surface area contributed by atoms with Gasteiger partial charge in [0.05, 0.1) is 8.07 Å². The van der Waals surface area contributed by atoms with Crippen molar-refractivity contribution >= 4 is 14.1 Å². The zero-order valence-corrected chi connectivity index (χ0v) is 11.0. The van der Waals surface area contributed by atoms with Crippen LogP contribution < -0.4 is 0 Å². The molecule has 0 amide bonds. The molecule has 1 aromatic heterocycles. The molecule has 0 aliphatic carbocycles. The van der Waals surface area contributed by atoms with Gasteiger partial charge in [-0.2, -0.15) is 0 Å². The molecule has 82 valence electrons. The second kappa shape index (κ2) is 5.86. The number of hydrogen-bond donors (Lipinski definition) is 0. The highest BCUT2D eigenvalue weighted by molar-refractivity contribution is 6.84. The van der Waals surface area contributed by atoms with Gasteiger partial charge in [-0.15, -0.1) is 0 Å². The fraction of sp³-hybridized carbons (Fsp3) is 0.462. The van der Waals surface area contributed by atoms with Crippen LogP contribution >= 0.6 is 0 Å². The lowest BCUT2D eigenvalue weighted by molar-refractivity contribution is 1.20. The molecule has 1 rings (SSSR count). The van der Waals surface area contributed by atoms with Gasteiger partial charge in [0.2, 0.25) is 0 Å². The Labute approximate surface area is 94.3 Å². The Hall–Kier alpha value is -0.893. The number of hydrogen-bond acceptors (Lipinski definition) is 1. The van der Waals surface area contributed by atoms with E-state index in [4.69, 9.17) is 0 Å². The van der Waals surface area contributed by atoms with Crippen LogP contribution in [0.15, 0.2) is 30.2 Å². The summed E-state index contributed by atoms with van der Waals surface area (Å²) in [5.74, 6) is 0. The van der Waals surface area contributed by atoms with Crippen molar-refractivity contribution < 1.29 is 0 Å². The Morgan fingerprint density at radius 1 is 1.07 bits per heavy atom. The van der Waals surface area contributed by atoms with E-state index >= 15 is 0 Å². The van der Waals surface area contributed by atoms with Gasteiger partial charge < -0.3 is 0 Å². The molecule has 0 aliphatic rings. The number of pyridine rings is 1. The lowest BCUT2D eigenvalue weighted by Gasteiger charge is -2.23. The topological polar surface area (TPSA) is 12.9 Å². The first-order chi connectivity index (χ1) is 7.26. The summed E-state index contributed by atoms with van der Waals surface area (Å²) in [6.07, 6.45) is 5.99. The molecule has 1 heterocycles. The van der Waals surface area contributed by atoms with E-state index in [0.29, 0.717) is 0 Å². The third-order valence-corrected chi connectivity index (χ3v) is 8.55. The van der Waals surface area contributed by atoms with Crippen LogP contribution in [0.5, 0.6) is 0 Å². The van der Waals surface area contributed by atoms with Crippen LogP contribution in [0.1, 0.15) is 26.3 Å². The SMILES string of the molecule is CC[Si](/C=C/c1ccncc1)(CC)CC. The van der Waals surface area contributed by atoms with Gasteiger partial charge in [-0.1, -0.05) is 50.7 Å². The molecule has 0 aliphatic heterocycles. The zero-order valence-electron chi connectivity index (χ0n) is 10.0. The molecule has 1 nitrogen and oxygen atoms in total. The van der Waals surface area contributed by atoms with Gasteiger partial charge in [0.15, 0.2) is 0 Å². The minimum atomic E-state index is -1.10. The van der Waals surface area contributed by atoms with Crippen molar-refractivity contribution in [3.63, 3.8) is 0 Å². The van der Waals surface area contributed by atoms with E-state index in [1.165, 1.54) is 23.7 Å². The van der Waals surface area contributed by atoms with E-state index in [2.05, 4.69) is 49.7 Å². The maximum Gasteiger partial charge on any atom is 0.0770 e. The van der Waals surface area contributed by atoms with E-state index in [0.717, 1.165) is 0 Å². The average molecular weight is 219 g/mol. The van der Waals surface area contributed by atoms with Crippen LogP contribution in [0.25, 0.3) is 6.08 Å². The third-order valence-electron chi connectivity index (χ3n) is 3.45. The third kappa shape index (κ3) is 3.31. The predicted octanol–water partition coefficient (Wildman–Crippen LogP) is 4.14. The molecule has 0 radical (unpaired) electrons. The highest BCUT2D eigenvalue weighted by Crippen LogP contribution is 2.22. The van der Waals surface area contributed by atoms with Gasteiger partial charge in [0, 0.05) is 12.4 Å². The molecule has 0 atom stereocenters. The highest BCUT2D eigenvalue weighted by atomic mass is 28.3. The maximum absolute atomic E-state index is 4.03. The van der Waals surface area contributed by atoms with Gasteiger partial charge in [-0.05, 0) is 17.7 Å². The molecule has 0 saturated heterocycles. The molecule has 0 spiro atoms. The largest absolute Gasteiger partial charge is 0.265 e. The molecule has 1 aromatic rings. The van der Waals surface area contributed by atoms with Crippen molar-refractivity contribution in [2.45, 2.75) is 38.9 Å². The Morgan fingerprint density at radius 2 is 1.60 bits per heavy atom. The normalized spacial score (nSPS) is 12.2. The van der Waals surface area contributed by atoms with Crippen molar-refractivity contribution in [1.82, 2.24) is 4.98 Å². The molecule has 0 fully saturated rings. The smallest absolute Gasteiger partial charge is 0.0770 e. The molecule has 0 bridgehead atoms. The van der Waals surface area contributed by atoms with Crippen molar-refractivity contribution in [1.29, 1.82) is 0 Å². The summed E-state index contributed by atoms with van der Waals surface area (Å²) in [6.45, 7) is 6.99. The monoisotopic (exact) mass is 219 g/mol. The Balaban J connectivity index is 2.79. The molecular formula is C13H21NSi. The van der Waals surface area contributed by atoms with E-state index < -0.39 is 8.07 Å². The van der Waals surface area contributed by atoms with E-state index in [1.807, 2.05) is 12.4 Å². The first kappa shape index (κ1) is 12.2.